The highest BCUT2D eigenvalue weighted by atomic mass is 35.5. The molecule has 2 aromatic carbocycles. The molecule has 1 aliphatic rings. The van der Waals surface area contributed by atoms with Gasteiger partial charge in [0.1, 0.15) is 0 Å². The fraction of sp³-hybridized carbons (Fsp3) is 0.300. The molecule has 130 valence electrons. The van der Waals surface area contributed by atoms with E-state index < -0.39 is 0 Å². The van der Waals surface area contributed by atoms with Gasteiger partial charge in [-0.3, -0.25) is 9.59 Å². The van der Waals surface area contributed by atoms with Crippen LogP contribution >= 0.6 is 11.6 Å². The van der Waals surface area contributed by atoms with E-state index in [1.807, 2.05) is 36.1 Å². The molecule has 0 unspecified atom stereocenters. The fourth-order valence-corrected chi connectivity index (χ4v) is 3.23. The predicted molar refractivity (Wildman–Crippen MR) is 99.9 cm³/mol. The minimum Gasteiger partial charge on any atom is -0.339 e. The van der Waals surface area contributed by atoms with Crippen LogP contribution in [0, 0.1) is 12.8 Å². The standard InChI is InChI=1S/C20H21ClN2O2/c1-14-4-2-3-5-18(14)20(25)23-12-10-15(11-13-23)19(24)22-17-8-6-16(21)7-9-17/h2-9,15H,10-13H2,1H3,(H,22,24). The van der Waals surface area contributed by atoms with E-state index in [2.05, 4.69) is 5.32 Å². The molecule has 25 heavy (non-hydrogen) atoms. The van der Waals surface area contributed by atoms with E-state index in [0.29, 0.717) is 31.0 Å². The molecule has 2 amide bonds. The van der Waals surface area contributed by atoms with Gasteiger partial charge in [-0.15, -0.1) is 0 Å². The summed E-state index contributed by atoms with van der Waals surface area (Å²) >= 11 is 5.85. The summed E-state index contributed by atoms with van der Waals surface area (Å²) in [4.78, 5) is 26.9. The normalized spacial score (nSPS) is 15.0. The number of rotatable bonds is 3. The minimum atomic E-state index is -0.0726. The first kappa shape index (κ1) is 17.5. The van der Waals surface area contributed by atoms with Gasteiger partial charge < -0.3 is 10.2 Å². The average Bonchev–Trinajstić information content (AvgIpc) is 2.63. The highest BCUT2D eigenvalue weighted by Crippen LogP contribution is 2.22. The van der Waals surface area contributed by atoms with Crippen molar-refractivity contribution in [3.63, 3.8) is 0 Å². The molecular formula is C20H21ClN2O2. The quantitative estimate of drug-likeness (QED) is 0.898. The van der Waals surface area contributed by atoms with Gasteiger partial charge in [-0.25, -0.2) is 0 Å². The highest BCUT2D eigenvalue weighted by molar-refractivity contribution is 6.30. The summed E-state index contributed by atoms with van der Waals surface area (Å²) < 4.78 is 0. The van der Waals surface area contributed by atoms with E-state index >= 15 is 0 Å². The molecule has 3 rings (SSSR count). The van der Waals surface area contributed by atoms with Gasteiger partial charge in [0.2, 0.25) is 5.91 Å². The van der Waals surface area contributed by atoms with Crippen molar-refractivity contribution in [1.82, 2.24) is 4.90 Å². The van der Waals surface area contributed by atoms with Crippen LogP contribution in [0.4, 0.5) is 5.69 Å². The van der Waals surface area contributed by atoms with Crippen LogP contribution in [0.15, 0.2) is 48.5 Å². The third-order valence-electron chi connectivity index (χ3n) is 4.64. The van der Waals surface area contributed by atoms with E-state index in [4.69, 9.17) is 11.6 Å². The van der Waals surface area contributed by atoms with Gasteiger partial charge in [0.05, 0.1) is 0 Å². The fourth-order valence-electron chi connectivity index (χ4n) is 3.11. The minimum absolute atomic E-state index is 0.00492. The highest BCUT2D eigenvalue weighted by Gasteiger charge is 2.28. The Kier molecular flexibility index (Phi) is 5.39. The second-order valence-electron chi connectivity index (χ2n) is 6.38. The number of piperidine rings is 1. The van der Waals surface area contributed by atoms with Crippen molar-refractivity contribution in [2.75, 3.05) is 18.4 Å². The lowest BCUT2D eigenvalue weighted by atomic mass is 9.95. The number of carbonyl (C=O) groups is 2. The summed E-state index contributed by atoms with van der Waals surface area (Å²) in [6, 6.07) is 14.7. The van der Waals surface area contributed by atoms with Gasteiger partial charge >= 0.3 is 0 Å². The van der Waals surface area contributed by atoms with Crippen LogP contribution in [0.3, 0.4) is 0 Å². The Hall–Kier alpha value is -2.33. The Labute approximate surface area is 152 Å². The van der Waals surface area contributed by atoms with E-state index in [1.54, 1.807) is 24.3 Å². The molecular weight excluding hydrogens is 336 g/mol. The molecule has 0 radical (unpaired) electrons. The third kappa shape index (κ3) is 4.20. The van der Waals surface area contributed by atoms with E-state index in [0.717, 1.165) is 16.8 Å². The molecule has 0 atom stereocenters. The molecule has 0 saturated carbocycles. The molecule has 0 aliphatic carbocycles. The van der Waals surface area contributed by atoms with Crippen molar-refractivity contribution in [3.8, 4) is 0 Å². The van der Waals surface area contributed by atoms with Crippen LogP contribution in [0.5, 0.6) is 0 Å². The Morgan fingerprint density at radius 1 is 1.04 bits per heavy atom. The van der Waals surface area contributed by atoms with Crippen LogP contribution in [-0.2, 0) is 4.79 Å². The molecule has 1 aliphatic heterocycles. The van der Waals surface area contributed by atoms with Crippen LogP contribution in [0.2, 0.25) is 5.02 Å². The maximum absolute atomic E-state index is 12.6. The van der Waals surface area contributed by atoms with Gasteiger partial charge in [-0.05, 0) is 55.7 Å². The molecule has 1 N–H and O–H groups in total. The van der Waals surface area contributed by atoms with E-state index in [1.165, 1.54) is 0 Å². The molecule has 0 bridgehead atoms. The van der Waals surface area contributed by atoms with Crippen molar-refractivity contribution in [3.05, 3.63) is 64.7 Å². The largest absolute Gasteiger partial charge is 0.339 e. The summed E-state index contributed by atoms with van der Waals surface area (Å²) in [5.74, 6) is -0.0171. The summed E-state index contributed by atoms with van der Waals surface area (Å²) in [5.41, 5.74) is 2.47. The van der Waals surface area contributed by atoms with Crippen LogP contribution < -0.4 is 5.32 Å². The van der Waals surface area contributed by atoms with Crippen LogP contribution in [0.1, 0.15) is 28.8 Å². The summed E-state index contributed by atoms with van der Waals surface area (Å²) in [6.07, 6.45) is 1.36. The van der Waals surface area contributed by atoms with Crippen molar-refractivity contribution in [2.45, 2.75) is 19.8 Å². The molecule has 1 fully saturated rings. The number of amides is 2. The molecule has 5 heteroatoms. The predicted octanol–water partition coefficient (Wildman–Crippen LogP) is 4.14. The second kappa shape index (κ2) is 7.70. The zero-order valence-electron chi connectivity index (χ0n) is 14.2. The number of nitrogens with zero attached hydrogens (tertiary/aromatic N) is 1. The lowest BCUT2D eigenvalue weighted by molar-refractivity contribution is -0.121. The summed E-state index contributed by atoms with van der Waals surface area (Å²) in [5, 5.41) is 3.56. The first-order chi connectivity index (χ1) is 12.0. The molecule has 1 saturated heterocycles. The zero-order chi connectivity index (χ0) is 17.8. The number of benzene rings is 2. The van der Waals surface area contributed by atoms with Gasteiger partial charge in [0.25, 0.3) is 5.91 Å². The number of carbonyl (C=O) groups excluding carboxylic acids is 2. The maximum atomic E-state index is 12.6. The molecule has 4 nitrogen and oxygen atoms in total. The summed E-state index contributed by atoms with van der Waals surface area (Å²) in [7, 11) is 0. The zero-order valence-corrected chi connectivity index (χ0v) is 14.9. The molecule has 0 aromatic heterocycles. The van der Waals surface area contributed by atoms with E-state index in [-0.39, 0.29) is 17.7 Å². The van der Waals surface area contributed by atoms with Gasteiger partial charge in [0.15, 0.2) is 0 Å². The van der Waals surface area contributed by atoms with Crippen molar-refractivity contribution in [2.24, 2.45) is 5.92 Å². The monoisotopic (exact) mass is 356 g/mol. The van der Waals surface area contributed by atoms with Crippen molar-refractivity contribution >= 4 is 29.1 Å². The Balaban J connectivity index is 1.56. The molecule has 0 spiro atoms. The van der Waals surface area contributed by atoms with E-state index in [9.17, 15) is 9.59 Å². The average molecular weight is 357 g/mol. The number of hydrogen-bond donors (Lipinski definition) is 1. The molecule has 1 heterocycles. The number of likely N-dealkylation sites (tertiary alicyclic amines) is 1. The maximum Gasteiger partial charge on any atom is 0.254 e. The van der Waals surface area contributed by atoms with Gasteiger partial charge in [-0.1, -0.05) is 29.8 Å². The van der Waals surface area contributed by atoms with Crippen LogP contribution in [0.25, 0.3) is 0 Å². The van der Waals surface area contributed by atoms with Crippen molar-refractivity contribution < 1.29 is 9.59 Å². The first-order valence-corrected chi connectivity index (χ1v) is 8.84. The SMILES string of the molecule is Cc1ccccc1C(=O)N1CCC(C(=O)Nc2ccc(Cl)cc2)CC1. The summed E-state index contributed by atoms with van der Waals surface area (Å²) in [6.45, 7) is 3.15. The van der Waals surface area contributed by atoms with Crippen LogP contribution in [-0.4, -0.2) is 29.8 Å². The third-order valence-corrected chi connectivity index (χ3v) is 4.89. The second-order valence-corrected chi connectivity index (χ2v) is 6.81. The topological polar surface area (TPSA) is 49.4 Å². The number of halogens is 1. The molecule has 2 aromatic rings. The number of aryl methyl sites for hydroxylation is 1. The van der Waals surface area contributed by atoms with Gasteiger partial charge in [-0.2, -0.15) is 0 Å². The number of anilines is 1. The smallest absolute Gasteiger partial charge is 0.254 e. The number of hydrogen-bond acceptors (Lipinski definition) is 2. The Morgan fingerprint density at radius 2 is 1.68 bits per heavy atom. The lowest BCUT2D eigenvalue weighted by Gasteiger charge is -2.31. The first-order valence-electron chi connectivity index (χ1n) is 8.46. The Bertz CT molecular complexity index is 766. The lowest BCUT2D eigenvalue weighted by Crippen LogP contribution is -2.41. The van der Waals surface area contributed by atoms with Gasteiger partial charge in [0, 0.05) is 35.3 Å². The number of nitrogens with one attached hydrogen (secondary N) is 1. The Morgan fingerprint density at radius 3 is 2.32 bits per heavy atom. The van der Waals surface area contributed by atoms with Crippen molar-refractivity contribution in [1.29, 1.82) is 0 Å².